The van der Waals surface area contributed by atoms with Gasteiger partial charge in [-0.25, -0.2) is 8.78 Å². The van der Waals surface area contributed by atoms with E-state index < -0.39 is 11.6 Å². The van der Waals surface area contributed by atoms with E-state index >= 15 is 8.78 Å². The third-order valence-corrected chi connectivity index (χ3v) is 16.8. The van der Waals surface area contributed by atoms with Crippen molar-refractivity contribution in [2.45, 2.75) is 19.8 Å². The molecule has 6 heteroatoms. The highest BCUT2D eigenvalue weighted by Gasteiger charge is 2.33. The first-order valence-corrected chi connectivity index (χ1v) is 28.2. The highest BCUT2D eigenvalue weighted by atomic mass is 19.1. The molecule has 0 unspecified atom stereocenters. The first kappa shape index (κ1) is 48.4. The average molecular weight is 1070 g/mol. The van der Waals surface area contributed by atoms with Gasteiger partial charge in [-0.3, -0.25) is 0 Å². The van der Waals surface area contributed by atoms with Crippen molar-refractivity contribution in [1.82, 2.24) is 0 Å². The van der Waals surface area contributed by atoms with Gasteiger partial charge < -0.3 is 18.6 Å². The molecule has 83 heavy (non-hydrogen) atoms. The Kier molecular flexibility index (Phi) is 11.3. The number of rotatable bonds is 10. The van der Waals surface area contributed by atoms with Crippen LogP contribution in [0.5, 0.6) is 0 Å². The third-order valence-electron chi connectivity index (χ3n) is 16.8. The largest absolute Gasteiger partial charge is 0.458 e. The average Bonchev–Trinajstić information content (AvgIpc) is 2.44. The second-order valence-electron chi connectivity index (χ2n) is 21.7. The molecule has 0 radical (unpaired) electrons. The minimum absolute atomic E-state index is 0.322. The van der Waals surface area contributed by atoms with E-state index in [-0.39, 0.29) is 0 Å². The Morgan fingerprint density at radius 3 is 1.41 bits per heavy atom. The van der Waals surface area contributed by atoms with Crippen molar-refractivity contribution in [2.75, 3.05) is 9.80 Å². The van der Waals surface area contributed by atoms with E-state index in [0.717, 1.165) is 112 Å². The van der Waals surface area contributed by atoms with Gasteiger partial charge in [0.05, 0.1) is 34.1 Å². The van der Waals surface area contributed by atoms with E-state index in [1.807, 2.05) is 164 Å². The SMILES string of the molecule is Cc1cc2ccc3c(N(c4c(F)cc(-c5ccccc5)cc4-c4ccccc4)c4cccc5c6c(oc45)CCC=C6)cc(N(c4c(F)cc(-c5ccccc5)cc4-c4ccccc4)c4cccc5c4oc4ccccc45)c4ccc(c1)c2c34. The van der Waals surface area contributed by atoms with E-state index in [9.17, 15) is 0 Å². The predicted octanol–water partition coefficient (Wildman–Crippen LogP) is 22.4. The smallest absolute Gasteiger partial charge is 0.159 e. The molecule has 0 spiro atoms. The zero-order valence-electron chi connectivity index (χ0n) is 45.2. The number of benzene rings is 13. The lowest BCUT2D eigenvalue weighted by molar-refractivity contribution is 0.546. The fourth-order valence-corrected chi connectivity index (χ4v) is 13.1. The fourth-order valence-electron chi connectivity index (χ4n) is 13.1. The van der Waals surface area contributed by atoms with Gasteiger partial charge in [0.15, 0.2) is 11.2 Å². The van der Waals surface area contributed by atoms with Crippen LogP contribution in [0.4, 0.5) is 42.9 Å². The Hall–Kier alpha value is -10.6. The highest BCUT2D eigenvalue weighted by Crippen LogP contribution is 2.56. The molecule has 394 valence electrons. The Bertz CT molecular complexity index is 5050. The summed E-state index contributed by atoms with van der Waals surface area (Å²) in [5.41, 5.74) is 13.6. The predicted molar refractivity (Wildman–Crippen MR) is 340 cm³/mol. The van der Waals surface area contributed by atoms with Gasteiger partial charge >= 0.3 is 0 Å². The van der Waals surface area contributed by atoms with Gasteiger partial charge in [0.1, 0.15) is 23.0 Å². The summed E-state index contributed by atoms with van der Waals surface area (Å²) in [6, 6.07) is 83.3. The molecule has 15 aromatic rings. The zero-order chi connectivity index (χ0) is 55.3. The summed E-state index contributed by atoms with van der Waals surface area (Å²) in [5.74, 6) is 0.0162. The molecule has 0 amide bonds. The molecule has 1 aliphatic carbocycles. The summed E-state index contributed by atoms with van der Waals surface area (Å²) in [4.78, 5) is 4.15. The van der Waals surface area contributed by atoms with Crippen LogP contribution in [0.1, 0.15) is 23.3 Å². The molecule has 0 bridgehead atoms. The number of anilines is 6. The lowest BCUT2D eigenvalue weighted by Crippen LogP contribution is -2.17. The van der Waals surface area contributed by atoms with Gasteiger partial charge in [-0.05, 0) is 117 Å². The number of para-hydroxylation sites is 3. The van der Waals surface area contributed by atoms with Gasteiger partial charge in [-0.15, -0.1) is 0 Å². The van der Waals surface area contributed by atoms with Gasteiger partial charge in [0, 0.05) is 55.4 Å². The summed E-state index contributed by atoms with van der Waals surface area (Å²) in [6.07, 6.45) is 5.92. The molecule has 16 rings (SSSR count). The molecule has 2 aromatic heterocycles. The molecule has 0 N–H and O–H groups in total. The van der Waals surface area contributed by atoms with Crippen LogP contribution in [-0.2, 0) is 6.42 Å². The van der Waals surface area contributed by atoms with Crippen molar-refractivity contribution in [3.63, 3.8) is 0 Å². The second-order valence-corrected chi connectivity index (χ2v) is 21.7. The number of hydrogen-bond acceptors (Lipinski definition) is 4. The summed E-state index contributed by atoms with van der Waals surface area (Å²) in [5, 5.41) is 8.58. The number of halogens is 2. The topological polar surface area (TPSA) is 32.8 Å². The lowest BCUT2D eigenvalue weighted by atomic mass is 9.89. The Balaban J connectivity index is 1.10. The third kappa shape index (κ3) is 7.85. The van der Waals surface area contributed by atoms with Gasteiger partial charge in [-0.2, -0.15) is 0 Å². The minimum Gasteiger partial charge on any atom is -0.458 e. The molecule has 0 aliphatic heterocycles. The van der Waals surface area contributed by atoms with E-state index in [2.05, 4.69) is 102 Å². The first-order chi connectivity index (χ1) is 40.9. The molecular formula is C77H50F2N2O2. The molecule has 0 fully saturated rings. The molecule has 0 saturated heterocycles. The van der Waals surface area contributed by atoms with Gasteiger partial charge in [0.2, 0.25) is 0 Å². The van der Waals surface area contributed by atoms with Crippen molar-refractivity contribution < 1.29 is 17.6 Å². The number of fused-ring (bicyclic) bond motifs is 6. The van der Waals surface area contributed by atoms with Gasteiger partial charge in [-0.1, -0.05) is 212 Å². The van der Waals surface area contributed by atoms with Gasteiger partial charge in [0.25, 0.3) is 0 Å². The zero-order valence-corrected chi connectivity index (χ0v) is 45.2. The summed E-state index contributed by atoms with van der Waals surface area (Å²) in [7, 11) is 0. The maximum absolute atomic E-state index is 19.0. The van der Waals surface area contributed by atoms with E-state index in [4.69, 9.17) is 8.83 Å². The van der Waals surface area contributed by atoms with Crippen LogP contribution in [-0.4, -0.2) is 0 Å². The molecular weight excluding hydrogens is 1020 g/mol. The molecule has 1 aliphatic rings. The maximum Gasteiger partial charge on any atom is 0.159 e. The molecule has 0 atom stereocenters. The first-order valence-electron chi connectivity index (χ1n) is 28.2. The maximum atomic E-state index is 19.0. The second kappa shape index (κ2) is 19.3. The lowest BCUT2D eigenvalue weighted by Gasteiger charge is -2.34. The number of allylic oxidation sites excluding steroid dienone is 1. The summed E-state index contributed by atoms with van der Waals surface area (Å²) in [6.45, 7) is 2.13. The molecule has 2 heterocycles. The molecule has 0 saturated carbocycles. The van der Waals surface area contributed by atoms with Crippen LogP contribution in [0.2, 0.25) is 0 Å². The number of aryl methyl sites for hydroxylation is 2. The fraction of sp³-hybridized carbons (Fsp3) is 0.0390. The quantitative estimate of drug-likeness (QED) is 0.128. The standard InChI is InChI=1S/C77H50F2N2O2/c1-47-40-52-36-38-60-68(80(66-32-18-30-58-56-28-14-16-34-70(56)82-76(58)66)74-62(50-24-10-4-11-25-50)42-54(44-64(74)78)48-20-6-2-7-21-48)46-69(61-39-37-53(41-47)72(52)73(60)61)81(67-33-19-31-59-57-29-15-17-35-71(57)83-77(59)67)75-63(51-26-12-5-13-27-51)43-55(45-65(75)79)49-22-8-3-9-23-49/h2-16,18-34,36-46H,17,35H2,1H3. The molecule has 13 aromatic carbocycles. The van der Waals surface area contributed by atoms with Crippen molar-refractivity contribution in [1.29, 1.82) is 0 Å². The van der Waals surface area contributed by atoms with E-state index in [0.29, 0.717) is 62.0 Å². The van der Waals surface area contributed by atoms with Crippen LogP contribution in [0.3, 0.4) is 0 Å². The van der Waals surface area contributed by atoms with E-state index in [1.165, 1.54) is 0 Å². The van der Waals surface area contributed by atoms with Crippen LogP contribution >= 0.6 is 0 Å². The Labute approximate surface area is 478 Å². The monoisotopic (exact) mass is 1070 g/mol. The van der Waals surface area contributed by atoms with Crippen LogP contribution in [0.25, 0.3) is 116 Å². The van der Waals surface area contributed by atoms with Crippen molar-refractivity contribution in [3.05, 3.63) is 283 Å². The van der Waals surface area contributed by atoms with Crippen LogP contribution < -0.4 is 9.80 Å². The summed E-state index contributed by atoms with van der Waals surface area (Å²) >= 11 is 0. The van der Waals surface area contributed by atoms with E-state index in [1.54, 1.807) is 12.1 Å². The van der Waals surface area contributed by atoms with Crippen molar-refractivity contribution in [3.8, 4) is 44.5 Å². The van der Waals surface area contributed by atoms with Crippen molar-refractivity contribution >= 4 is 105 Å². The van der Waals surface area contributed by atoms with Crippen LogP contribution in [0, 0.1) is 18.6 Å². The number of hydrogen-bond donors (Lipinski definition) is 0. The Morgan fingerprint density at radius 1 is 0.373 bits per heavy atom. The number of nitrogens with zero attached hydrogens (tertiary/aromatic N) is 2. The summed E-state index contributed by atoms with van der Waals surface area (Å²) < 4.78 is 52.0. The van der Waals surface area contributed by atoms with Crippen LogP contribution in [0.15, 0.2) is 264 Å². The Morgan fingerprint density at radius 2 is 0.855 bits per heavy atom. The molecule has 4 nitrogen and oxygen atoms in total. The van der Waals surface area contributed by atoms with Crippen molar-refractivity contribution in [2.24, 2.45) is 0 Å². The number of furan rings is 2. The highest BCUT2D eigenvalue weighted by molar-refractivity contribution is 6.30. The minimum atomic E-state index is -0.439. The normalized spacial score (nSPS) is 12.4.